The quantitative estimate of drug-likeness (QED) is 0.0459. The van der Waals surface area contributed by atoms with E-state index in [1.165, 1.54) is 38.5 Å². The van der Waals surface area contributed by atoms with Crippen molar-refractivity contribution >= 4 is 13.8 Å². The maximum atomic E-state index is 13.9. The van der Waals surface area contributed by atoms with Crippen LogP contribution < -0.4 is 11.2 Å². The number of ether oxygens (including phenoxy) is 2. The molecule has 1 fully saturated rings. The second-order valence-corrected chi connectivity index (χ2v) is 14.4. The first-order valence-electron chi connectivity index (χ1n) is 16.7. The predicted octanol–water partition coefficient (Wildman–Crippen LogP) is 5.75. The second kappa shape index (κ2) is 21.0. The number of quaternary nitrogens is 1. The summed E-state index contributed by atoms with van der Waals surface area (Å²) in [6.45, 7) is 2.16. The van der Waals surface area contributed by atoms with Crippen molar-refractivity contribution in [1.82, 2.24) is 9.55 Å². The maximum absolute atomic E-state index is 13.9. The molecule has 0 bridgehead atoms. The molecule has 1 aliphatic rings. The number of aromatic nitrogens is 2. The van der Waals surface area contributed by atoms with E-state index in [0.717, 1.165) is 43.1 Å². The second-order valence-electron chi connectivity index (χ2n) is 13.0. The highest BCUT2D eigenvalue weighted by atomic mass is 31.2. The largest absolute Gasteiger partial charge is 0.472 e. The minimum atomic E-state index is -4.46. The molecule has 0 radical (unpaired) electrons. The number of phosphoric ester groups is 1. The first-order valence-corrected chi connectivity index (χ1v) is 18.2. The van der Waals surface area contributed by atoms with Crippen molar-refractivity contribution in [3.05, 3.63) is 45.0 Å². The fourth-order valence-electron chi connectivity index (χ4n) is 5.02. The number of rotatable bonds is 24. The number of allylic oxidation sites excluding steroid dienone is 2. The van der Waals surface area contributed by atoms with Crippen molar-refractivity contribution in [3.63, 3.8) is 0 Å². The van der Waals surface area contributed by atoms with Gasteiger partial charge in [0.2, 0.25) is 5.82 Å². The Morgan fingerprint density at radius 1 is 1.04 bits per heavy atom. The lowest BCUT2D eigenvalue weighted by Crippen LogP contribution is -2.37. The lowest BCUT2D eigenvalue weighted by Gasteiger charge is -2.24. The topological polar surface area (TPSA) is 146 Å². The van der Waals surface area contributed by atoms with Gasteiger partial charge in [0.05, 0.1) is 33.9 Å². The summed E-state index contributed by atoms with van der Waals surface area (Å²) in [6.07, 6.45) is 17.0. The van der Waals surface area contributed by atoms with Crippen molar-refractivity contribution < 1.29 is 41.6 Å². The molecule has 1 aliphatic heterocycles. The molecule has 12 nitrogen and oxygen atoms in total. The molecule has 14 heteroatoms. The SMILES string of the molecule is CCCCCCCCC=CCCCCCCCC(=O)OC1CC(n2cc(F)c(=O)[nH]c2=O)OC1COP(=O)(O)OCC[N+](C)(C)C. The van der Waals surface area contributed by atoms with Crippen LogP contribution in [0.1, 0.15) is 109 Å². The van der Waals surface area contributed by atoms with Gasteiger partial charge in [0.1, 0.15) is 31.6 Å². The third-order valence-electron chi connectivity index (χ3n) is 7.76. The number of likely N-dealkylation sites (N-methyl/N-ethyl adjacent to an activating group) is 1. The average Bonchev–Trinajstić information content (AvgIpc) is 3.37. The minimum Gasteiger partial charge on any atom is -0.459 e. The molecule has 2 heterocycles. The fraction of sp³-hybridized carbons (Fsp3) is 0.781. The van der Waals surface area contributed by atoms with E-state index >= 15 is 0 Å². The van der Waals surface area contributed by atoms with Gasteiger partial charge >= 0.3 is 19.5 Å². The van der Waals surface area contributed by atoms with E-state index in [2.05, 4.69) is 19.1 Å². The summed E-state index contributed by atoms with van der Waals surface area (Å²) < 4.78 is 49.3. The zero-order valence-electron chi connectivity index (χ0n) is 28.1. The van der Waals surface area contributed by atoms with E-state index in [0.29, 0.717) is 23.6 Å². The molecular weight excluding hydrogens is 620 g/mol. The Morgan fingerprint density at radius 2 is 1.65 bits per heavy atom. The molecule has 1 saturated heterocycles. The van der Waals surface area contributed by atoms with Gasteiger partial charge in [0.25, 0.3) is 5.56 Å². The summed E-state index contributed by atoms with van der Waals surface area (Å²) in [6, 6.07) is 0. The molecule has 1 aromatic rings. The van der Waals surface area contributed by atoms with Crippen LogP contribution in [0.5, 0.6) is 0 Å². The first-order chi connectivity index (χ1) is 21.8. The summed E-state index contributed by atoms with van der Waals surface area (Å²) in [4.78, 5) is 48.5. The van der Waals surface area contributed by atoms with Gasteiger partial charge in [-0.2, -0.15) is 4.39 Å². The van der Waals surface area contributed by atoms with Gasteiger partial charge < -0.3 is 18.9 Å². The molecule has 4 unspecified atom stereocenters. The number of unbranched alkanes of at least 4 members (excludes halogenated alkanes) is 11. The standard InChI is InChI=1S/C32H55FN3O9P/c1-5-6-7-8-9-10-11-12-13-14-15-16-17-18-19-20-30(37)45-27-23-29(35-24-26(33)31(38)34-32(35)39)44-28(27)25-43-46(40,41)42-22-21-36(2,3)4/h12-13,24,27-29H,5-11,14-23,25H2,1-4H3,(H-,34,38,39,40,41)/p+1. The van der Waals surface area contributed by atoms with Gasteiger partial charge in [-0.15, -0.1) is 0 Å². The monoisotopic (exact) mass is 676 g/mol. The summed E-state index contributed by atoms with van der Waals surface area (Å²) in [5, 5.41) is 0. The van der Waals surface area contributed by atoms with Gasteiger partial charge in [-0.3, -0.25) is 28.2 Å². The number of H-pyrrole nitrogens is 1. The highest BCUT2D eigenvalue weighted by Gasteiger charge is 2.41. The fourth-order valence-corrected chi connectivity index (χ4v) is 5.74. The van der Waals surface area contributed by atoms with Gasteiger partial charge in [-0.05, 0) is 32.1 Å². The Hall–Kier alpha value is -2.15. The van der Waals surface area contributed by atoms with E-state index in [4.69, 9.17) is 18.5 Å². The van der Waals surface area contributed by atoms with Gasteiger partial charge in [-0.25, -0.2) is 9.36 Å². The summed E-state index contributed by atoms with van der Waals surface area (Å²) >= 11 is 0. The van der Waals surface area contributed by atoms with E-state index in [-0.39, 0.29) is 19.4 Å². The minimum absolute atomic E-state index is 0.0359. The number of halogens is 1. The van der Waals surface area contributed by atoms with Gasteiger partial charge in [0.15, 0.2) is 0 Å². The van der Waals surface area contributed by atoms with Crippen LogP contribution in [-0.4, -0.2) is 78.0 Å². The number of hydrogen-bond acceptors (Lipinski definition) is 8. The molecule has 0 spiro atoms. The zero-order chi connectivity index (χ0) is 34.0. The zero-order valence-corrected chi connectivity index (χ0v) is 29.0. The Morgan fingerprint density at radius 3 is 2.28 bits per heavy atom. The van der Waals surface area contributed by atoms with Crippen LogP contribution in [0.3, 0.4) is 0 Å². The number of nitrogens with zero attached hydrogens (tertiary/aromatic N) is 2. The predicted molar refractivity (Wildman–Crippen MR) is 174 cm³/mol. The van der Waals surface area contributed by atoms with Crippen molar-refractivity contribution in [3.8, 4) is 0 Å². The Balaban J connectivity index is 1.79. The van der Waals surface area contributed by atoms with Gasteiger partial charge in [-0.1, -0.05) is 70.4 Å². The van der Waals surface area contributed by atoms with Crippen LogP contribution in [0, 0.1) is 5.82 Å². The van der Waals surface area contributed by atoms with Crippen molar-refractivity contribution in [2.75, 3.05) is 40.9 Å². The first kappa shape index (κ1) is 40.0. The number of carbonyl (C=O) groups excluding carboxylic acids is 1. The molecule has 0 aliphatic carbocycles. The van der Waals surface area contributed by atoms with Crippen LogP contribution in [0.4, 0.5) is 4.39 Å². The number of esters is 1. The number of nitrogens with one attached hydrogen (secondary N) is 1. The lowest BCUT2D eigenvalue weighted by atomic mass is 10.1. The van der Waals surface area contributed by atoms with Crippen LogP contribution in [-0.2, 0) is 27.9 Å². The average molecular weight is 677 g/mol. The van der Waals surface area contributed by atoms with Crippen LogP contribution in [0.25, 0.3) is 0 Å². The van der Waals surface area contributed by atoms with Crippen LogP contribution in [0.15, 0.2) is 27.9 Å². The molecule has 2 rings (SSSR count). The van der Waals surface area contributed by atoms with Gasteiger partial charge in [0, 0.05) is 12.8 Å². The number of aromatic amines is 1. The molecule has 0 amide bonds. The highest BCUT2D eigenvalue weighted by molar-refractivity contribution is 7.47. The molecule has 264 valence electrons. The Labute approximate surface area is 272 Å². The smallest absolute Gasteiger partial charge is 0.459 e. The molecule has 1 aromatic heterocycles. The normalized spacial score (nSPS) is 19.9. The van der Waals surface area contributed by atoms with E-state index in [9.17, 15) is 28.2 Å². The highest BCUT2D eigenvalue weighted by Crippen LogP contribution is 2.44. The van der Waals surface area contributed by atoms with Crippen LogP contribution >= 0.6 is 7.82 Å². The molecule has 46 heavy (non-hydrogen) atoms. The van der Waals surface area contributed by atoms with Crippen molar-refractivity contribution in [2.24, 2.45) is 0 Å². The maximum Gasteiger partial charge on any atom is 0.472 e. The van der Waals surface area contributed by atoms with E-state index in [1.807, 2.05) is 26.1 Å². The third-order valence-corrected chi connectivity index (χ3v) is 8.74. The molecular formula is C32H56FN3O9P+. The number of phosphoric acid groups is 1. The Kier molecular flexibility index (Phi) is 18.2. The summed E-state index contributed by atoms with van der Waals surface area (Å²) in [5.41, 5.74) is -2.08. The van der Waals surface area contributed by atoms with Crippen LogP contribution in [0.2, 0.25) is 0 Å². The lowest BCUT2D eigenvalue weighted by molar-refractivity contribution is -0.870. The van der Waals surface area contributed by atoms with E-state index in [1.54, 1.807) is 0 Å². The molecule has 0 aromatic carbocycles. The molecule has 0 saturated carbocycles. The molecule has 4 atom stereocenters. The molecule has 2 N–H and O–H groups in total. The number of carbonyl (C=O) groups is 1. The Bertz CT molecular complexity index is 1230. The third kappa shape index (κ3) is 16.6. The van der Waals surface area contributed by atoms with Crippen molar-refractivity contribution in [2.45, 2.75) is 122 Å². The summed E-state index contributed by atoms with van der Waals surface area (Å²) in [5.74, 6) is -1.67. The summed E-state index contributed by atoms with van der Waals surface area (Å²) in [7, 11) is 1.23. The number of hydrogen-bond donors (Lipinski definition) is 2. The van der Waals surface area contributed by atoms with Crippen molar-refractivity contribution in [1.29, 1.82) is 0 Å². The van der Waals surface area contributed by atoms with E-state index < -0.39 is 55.9 Å².